The van der Waals surface area contributed by atoms with Crippen LogP contribution in [0.15, 0.2) is 109 Å². The third-order valence-electron chi connectivity index (χ3n) is 13.9. The normalized spacial score (nSPS) is 19.0. The number of carbonyl (C=O) groups is 4. The molecule has 67 heavy (non-hydrogen) atoms. The molecule has 4 aromatic rings. The van der Waals surface area contributed by atoms with E-state index < -0.39 is 35.2 Å². The molecule has 6 rings (SSSR count). The lowest BCUT2D eigenvalue weighted by molar-refractivity contribution is -0.230. The van der Waals surface area contributed by atoms with Gasteiger partial charge in [0.2, 0.25) is 11.6 Å². The number of anilines is 2. The molecule has 2 saturated carbocycles. The molecule has 2 aliphatic rings. The molecule has 0 saturated heterocycles. The number of benzene rings is 4. The van der Waals surface area contributed by atoms with Crippen LogP contribution in [0.4, 0.5) is 11.4 Å². The summed E-state index contributed by atoms with van der Waals surface area (Å²) < 4.78 is 11.7. The Kier molecular flexibility index (Phi) is 18.3. The quantitative estimate of drug-likeness (QED) is 0.0257. The summed E-state index contributed by atoms with van der Waals surface area (Å²) in [5.74, 6) is -3.92. The lowest BCUT2D eigenvalue weighted by atomic mass is 9.65. The van der Waals surface area contributed by atoms with Gasteiger partial charge in [0.25, 0.3) is 0 Å². The molecular formula is C57H70N2O8. The van der Waals surface area contributed by atoms with Gasteiger partial charge >= 0.3 is 11.9 Å². The number of allylic oxidation sites excluding steroid dienone is 1. The molecule has 10 nitrogen and oxygen atoms in total. The van der Waals surface area contributed by atoms with Gasteiger partial charge in [0.1, 0.15) is 12.2 Å². The van der Waals surface area contributed by atoms with Gasteiger partial charge in [-0.25, -0.2) is 9.59 Å². The van der Waals surface area contributed by atoms with Crippen molar-refractivity contribution in [2.45, 2.75) is 141 Å². The third kappa shape index (κ3) is 14.6. The number of hydrogen-bond acceptors (Lipinski definition) is 10. The van der Waals surface area contributed by atoms with Crippen molar-refractivity contribution in [2.75, 3.05) is 11.5 Å². The van der Waals surface area contributed by atoms with Gasteiger partial charge in [-0.3, -0.25) is 9.59 Å². The molecule has 0 aromatic heterocycles. The van der Waals surface area contributed by atoms with Gasteiger partial charge in [-0.2, -0.15) is 0 Å². The van der Waals surface area contributed by atoms with Crippen molar-refractivity contribution in [3.05, 3.63) is 143 Å². The summed E-state index contributed by atoms with van der Waals surface area (Å²) in [4.78, 5) is 54.4. The summed E-state index contributed by atoms with van der Waals surface area (Å²) in [5.41, 5.74) is 14.5. The Morgan fingerprint density at radius 3 is 1.34 bits per heavy atom. The predicted octanol–water partition coefficient (Wildman–Crippen LogP) is 11.1. The zero-order chi connectivity index (χ0) is 47.8. The van der Waals surface area contributed by atoms with Crippen LogP contribution in [-0.2, 0) is 31.9 Å². The number of ketones is 2. The minimum absolute atomic E-state index is 0.0851. The molecular weight excluding hydrogens is 841 g/mol. The first kappa shape index (κ1) is 50.6. The van der Waals surface area contributed by atoms with Crippen LogP contribution >= 0.6 is 0 Å². The van der Waals surface area contributed by atoms with Crippen molar-refractivity contribution in [3.8, 4) is 0 Å². The number of nitrogen functional groups attached to an aromatic ring is 2. The fourth-order valence-electron chi connectivity index (χ4n) is 9.70. The van der Waals surface area contributed by atoms with Crippen LogP contribution in [0.3, 0.4) is 0 Å². The van der Waals surface area contributed by atoms with Crippen LogP contribution in [0.2, 0.25) is 0 Å². The molecule has 0 radical (unpaired) electrons. The maximum absolute atomic E-state index is 14.2. The molecule has 0 heterocycles. The van der Waals surface area contributed by atoms with Crippen LogP contribution in [0.1, 0.15) is 153 Å². The highest BCUT2D eigenvalue weighted by Gasteiger charge is 2.54. The van der Waals surface area contributed by atoms with E-state index in [4.69, 9.17) is 20.9 Å². The fraction of sp³-hybridized carbons (Fsp3) is 0.439. The van der Waals surface area contributed by atoms with E-state index in [9.17, 15) is 29.4 Å². The number of nitrogens with two attached hydrogens (primary N) is 2. The number of unbranched alkanes of at least 4 members (excludes halogenated alkanes) is 2. The summed E-state index contributed by atoms with van der Waals surface area (Å²) >= 11 is 0. The maximum Gasteiger partial charge on any atom is 0.338 e. The van der Waals surface area contributed by atoms with Gasteiger partial charge < -0.3 is 31.2 Å². The summed E-state index contributed by atoms with van der Waals surface area (Å²) in [6.45, 7) is 4.41. The second kappa shape index (κ2) is 24.3. The zero-order valence-corrected chi connectivity index (χ0v) is 39.4. The van der Waals surface area contributed by atoms with Crippen molar-refractivity contribution in [1.29, 1.82) is 0 Å². The largest absolute Gasteiger partial charge is 0.459 e. The Hall–Kier alpha value is -5.84. The molecule has 356 valence electrons. The average molecular weight is 911 g/mol. The van der Waals surface area contributed by atoms with E-state index in [0.717, 1.165) is 57.4 Å². The fourth-order valence-corrected chi connectivity index (χ4v) is 9.70. The predicted molar refractivity (Wildman–Crippen MR) is 266 cm³/mol. The topological polar surface area (TPSA) is 179 Å². The SMILES string of the molecule is CCCCC1CCC(OC(=O)c2ccc(C=CC(=O)CC(Cc3ccc(N)cc3)(Cc3ccc(N)cc3)C(O)(O)C(=O)C=Cc3ccc(C(=O)OC4CCC(CCCC)CC4)cc3)cc2)CC1. The summed E-state index contributed by atoms with van der Waals surface area (Å²) in [6, 6.07) is 27.0. The second-order valence-corrected chi connectivity index (χ2v) is 19.1. The number of aliphatic hydroxyl groups is 2. The molecule has 0 unspecified atom stereocenters. The van der Waals surface area contributed by atoms with Gasteiger partial charge in [-0.05, 0) is 159 Å². The molecule has 2 fully saturated rings. The first-order valence-corrected chi connectivity index (χ1v) is 24.4. The van der Waals surface area contributed by atoms with Crippen LogP contribution in [0.25, 0.3) is 12.2 Å². The first-order valence-electron chi connectivity index (χ1n) is 24.4. The Morgan fingerprint density at radius 1 is 0.567 bits per heavy atom. The van der Waals surface area contributed by atoms with Crippen molar-refractivity contribution in [1.82, 2.24) is 0 Å². The van der Waals surface area contributed by atoms with Gasteiger partial charge in [-0.1, -0.05) is 113 Å². The molecule has 6 N–H and O–H groups in total. The van der Waals surface area contributed by atoms with Crippen molar-refractivity contribution >= 4 is 47.0 Å². The molecule has 4 aromatic carbocycles. The van der Waals surface area contributed by atoms with E-state index in [1.54, 1.807) is 103 Å². The minimum Gasteiger partial charge on any atom is -0.459 e. The Labute approximate surface area is 396 Å². The summed E-state index contributed by atoms with van der Waals surface area (Å²) in [7, 11) is 0. The molecule has 0 spiro atoms. The van der Waals surface area contributed by atoms with Crippen molar-refractivity contribution in [2.24, 2.45) is 17.3 Å². The highest BCUT2D eigenvalue weighted by molar-refractivity contribution is 6.01. The Bertz CT molecular complexity index is 2230. The van der Waals surface area contributed by atoms with E-state index in [0.29, 0.717) is 56.6 Å². The van der Waals surface area contributed by atoms with Crippen molar-refractivity contribution in [3.63, 3.8) is 0 Å². The molecule has 0 bridgehead atoms. The smallest absolute Gasteiger partial charge is 0.338 e. The van der Waals surface area contributed by atoms with Gasteiger partial charge in [0.05, 0.1) is 11.1 Å². The highest BCUT2D eigenvalue weighted by Crippen LogP contribution is 2.43. The summed E-state index contributed by atoms with van der Waals surface area (Å²) in [5, 5.41) is 24.5. The van der Waals surface area contributed by atoms with Crippen LogP contribution in [-0.4, -0.2) is 51.7 Å². The average Bonchev–Trinajstić information content (AvgIpc) is 3.33. The van der Waals surface area contributed by atoms with Gasteiger partial charge in [0, 0.05) is 23.2 Å². The number of rotatable bonds is 22. The van der Waals surface area contributed by atoms with Gasteiger partial charge in [0.15, 0.2) is 5.78 Å². The summed E-state index contributed by atoms with van der Waals surface area (Å²) in [6.07, 6.45) is 19.7. The van der Waals surface area contributed by atoms with Crippen LogP contribution in [0.5, 0.6) is 0 Å². The van der Waals surface area contributed by atoms with Crippen LogP contribution in [0, 0.1) is 17.3 Å². The molecule has 10 heteroatoms. The zero-order valence-electron chi connectivity index (χ0n) is 39.4. The van der Waals surface area contributed by atoms with Gasteiger partial charge in [-0.15, -0.1) is 0 Å². The van der Waals surface area contributed by atoms with E-state index in [1.807, 2.05) is 0 Å². The number of carbonyl (C=O) groups excluding carboxylic acids is 4. The van der Waals surface area contributed by atoms with Crippen LogP contribution < -0.4 is 11.5 Å². The van der Waals surface area contributed by atoms with E-state index in [1.165, 1.54) is 50.7 Å². The first-order chi connectivity index (χ1) is 32.2. The second-order valence-electron chi connectivity index (χ2n) is 19.1. The maximum atomic E-state index is 14.2. The Balaban J connectivity index is 1.17. The molecule has 0 aliphatic heterocycles. The van der Waals surface area contributed by atoms with E-state index >= 15 is 0 Å². The lowest BCUT2D eigenvalue weighted by Gasteiger charge is -2.42. The minimum atomic E-state index is -3.06. The molecule has 0 atom stereocenters. The number of ether oxygens (including phenoxy) is 2. The van der Waals surface area contributed by atoms with E-state index in [-0.39, 0.29) is 31.0 Å². The standard InChI is InChI=1S/C57H70N2O8/c1-3-5-7-40-18-32-51(33-19-40)66-54(62)46-23-9-42(10-24-46)17-31-50(60)39-56(37-44-13-27-48(58)28-14-44,38-45-15-29-49(59)30-16-45)57(64,65)53(61)36-22-43-11-25-47(26-12-43)55(63)67-52-34-20-41(21-35-52)8-6-4-2/h9-17,22-31,36,40-41,51-52,64-65H,3-8,18-21,32-35,37-39,58-59H2,1-2H3. The molecule has 2 aliphatic carbocycles. The number of hydrogen-bond donors (Lipinski definition) is 4. The highest BCUT2D eigenvalue weighted by atomic mass is 16.5. The van der Waals surface area contributed by atoms with Crippen molar-refractivity contribution < 1.29 is 38.9 Å². The number of esters is 2. The van der Waals surface area contributed by atoms with E-state index in [2.05, 4.69) is 13.8 Å². The molecule has 0 amide bonds. The monoisotopic (exact) mass is 911 g/mol. The third-order valence-corrected chi connectivity index (χ3v) is 13.9. The Morgan fingerprint density at radius 2 is 0.955 bits per heavy atom. The lowest BCUT2D eigenvalue weighted by Crippen LogP contribution is -2.57.